The maximum atomic E-state index is 12.0. The SMILES string of the molecule is CCCNC(=O)C[NH+](C)Cn1nc(-c2ccccc2)n(-c2cccc(C)c2)c1=S. The summed E-state index contributed by atoms with van der Waals surface area (Å²) in [5.41, 5.74) is 3.14. The van der Waals surface area contributed by atoms with Gasteiger partial charge in [-0.3, -0.25) is 9.36 Å². The number of nitrogens with one attached hydrogen (secondary N) is 2. The highest BCUT2D eigenvalue weighted by atomic mass is 32.1. The van der Waals surface area contributed by atoms with E-state index in [1.807, 2.05) is 65.7 Å². The molecule has 0 aliphatic heterocycles. The third-order valence-electron chi connectivity index (χ3n) is 4.59. The van der Waals surface area contributed by atoms with E-state index >= 15 is 0 Å². The van der Waals surface area contributed by atoms with Crippen molar-refractivity contribution >= 4 is 18.1 Å². The van der Waals surface area contributed by atoms with Gasteiger partial charge in [0.1, 0.15) is 0 Å². The van der Waals surface area contributed by atoms with E-state index in [2.05, 4.69) is 24.4 Å². The lowest BCUT2D eigenvalue weighted by Gasteiger charge is -2.13. The molecule has 0 spiro atoms. The summed E-state index contributed by atoms with van der Waals surface area (Å²) >= 11 is 5.79. The molecule has 0 aliphatic rings. The minimum atomic E-state index is 0.0391. The summed E-state index contributed by atoms with van der Waals surface area (Å²) < 4.78 is 4.42. The molecule has 2 aromatic carbocycles. The highest BCUT2D eigenvalue weighted by Gasteiger charge is 2.17. The maximum absolute atomic E-state index is 12.0. The number of carbonyl (C=O) groups excluding carboxylic acids is 1. The first-order chi connectivity index (χ1) is 14.0. The number of nitrogens with zero attached hydrogens (tertiary/aromatic N) is 3. The van der Waals surface area contributed by atoms with Gasteiger partial charge in [-0.05, 0) is 43.3 Å². The third-order valence-corrected chi connectivity index (χ3v) is 4.98. The van der Waals surface area contributed by atoms with Crippen molar-refractivity contribution in [1.29, 1.82) is 0 Å². The normalized spacial score (nSPS) is 12.0. The van der Waals surface area contributed by atoms with Gasteiger partial charge in [0.15, 0.2) is 19.0 Å². The van der Waals surface area contributed by atoms with E-state index in [9.17, 15) is 4.79 Å². The topological polar surface area (TPSA) is 56.3 Å². The van der Waals surface area contributed by atoms with Crippen LogP contribution in [0.3, 0.4) is 0 Å². The van der Waals surface area contributed by atoms with E-state index in [1.165, 1.54) is 0 Å². The van der Waals surface area contributed by atoms with Gasteiger partial charge in [0, 0.05) is 12.1 Å². The van der Waals surface area contributed by atoms with Crippen LogP contribution in [0.4, 0.5) is 0 Å². The molecule has 1 heterocycles. The van der Waals surface area contributed by atoms with Gasteiger partial charge >= 0.3 is 0 Å². The lowest BCUT2D eigenvalue weighted by Crippen LogP contribution is -3.09. The molecule has 0 saturated heterocycles. The fraction of sp³-hybridized carbons (Fsp3) is 0.318. The van der Waals surface area contributed by atoms with E-state index in [1.54, 1.807) is 0 Å². The highest BCUT2D eigenvalue weighted by molar-refractivity contribution is 7.71. The summed E-state index contributed by atoms with van der Waals surface area (Å²) in [6.45, 7) is 5.69. The summed E-state index contributed by atoms with van der Waals surface area (Å²) in [4.78, 5) is 13.1. The molecule has 0 bridgehead atoms. The standard InChI is InChI=1S/C22H27N5OS/c1-4-13-23-20(28)15-25(3)16-26-22(29)27(19-12-8-9-17(2)14-19)21(24-26)18-10-6-5-7-11-18/h5-12,14H,4,13,15-16H2,1-3H3,(H,23,28)/p+1. The molecule has 0 radical (unpaired) electrons. The molecule has 1 atom stereocenters. The number of quaternary nitrogens is 1. The Balaban J connectivity index is 1.95. The Morgan fingerprint density at radius 1 is 1.17 bits per heavy atom. The van der Waals surface area contributed by atoms with Crippen LogP contribution in [-0.4, -0.2) is 40.4 Å². The smallest absolute Gasteiger partial charge is 0.275 e. The second-order valence-electron chi connectivity index (χ2n) is 7.29. The Labute approximate surface area is 176 Å². The number of amides is 1. The van der Waals surface area contributed by atoms with Crippen LogP contribution < -0.4 is 10.2 Å². The van der Waals surface area contributed by atoms with Gasteiger partial charge in [0.05, 0.1) is 12.7 Å². The molecule has 3 aromatic rings. The largest absolute Gasteiger partial charge is 0.351 e. The van der Waals surface area contributed by atoms with Crippen LogP contribution in [0.15, 0.2) is 54.6 Å². The first kappa shape index (κ1) is 21.0. The van der Waals surface area contributed by atoms with Crippen molar-refractivity contribution in [3.63, 3.8) is 0 Å². The second kappa shape index (κ2) is 9.62. The molecule has 0 saturated carbocycles. The number of likely N-dealkylation sites (N-methyl/N-ethyl adjacent to an activating group) is 1. The van der Waals surface area contributed by atoms with E-state index in [4.69, 9.17) is 17.3 Å². The number of benzene rings is 2. The molecule has 0 aliphatic carbocycles. The minimum absolute atomic E-state index is 0.0391. The molecular formula is C22H28N5OS+. The molecule has 1 amide bonds. The van der Waals surface area contributed by atoms with Crippen molar-refractivity contribution in [2.24, 2.45) is 0 Å². The summed E-state index contributed by atoms with van der Waals surface area (Å²) in [5, 5.41) is 7.74. The molecule has 29 heavy (non-hydrogen) atoms. The molecule has 1 aromatic heterocycles. The van der Waals surface area contributed by atoms with E-state index in [0.717, 1.165) is 34.0 Å². The number of aromatic nitrogens is 3. The van der Waals surface area contributed by atoms with Crippen molar-refractivity contribution in [3.05, 3.63) is 64.9 Å². The van der Waals surface area contributed by atoms with Gasteiger partial charge < -0.3 is 10.2 Å². The molecule has 1 unspecified atom stereocenters. The van der Waals surface area contributed by atoms with Gasteiger partial charge in [-0.1, -0.05) is 49.4 Å². The quantitative estimate of drug-likeness (QED) is 0.561. The minimum Gasteiger partial charge on any atom is -0.351 e. The summed E-state index contributed by atoms with van der Waals surface area (Å²) in [5.74, 6) is 0.835. The van der Waals surface area contributed by atoms with Crippen molar-refractivity contribution < 1.29 is 9.69 Å². The zero-order valence-corrected chi connectivity index (χ0v) is 18.0. The average Bonchev–Trinajstić information content (AvgIpc) is 3.03. The summed E-state index contributed by atoms with van der Waals surface area (Å²) in [6, 6.07) is 18.3. The molecule has 152 valence electrons. The van der Waals surface area contributed by atoms with Crippen LogP contribution in [0.1, 0.15) is 18.9 Å². The van der Waals surface area contributed by atoms with Gasteiger partial charge in [-0.25, -0.2) is 0 Å². The number of hydrogen-bond acceptors (Lipinski definition) is 3. The third kappa shape index (κ3) is 5.19. The van der Waals surface area contributed by atoms with Crippen molar-refractivity contribution in [2.45, 2.75) is 26.9 Å². The average molecular weight is 411 g/mol. The van der Waals surface area contributed by atoms with Gasteiger partial charge in [0.2, 0.25) is 4.77 Å². The molecule has 3 rings (SSSR count). The lowest BCUT2D eigenvalue weighted by molar-refractivity contribution is -0.895. The Hall–Kier alpha value is -2.77. The summed E-state index contributed by atoms with van der Waals surface area (Å²) in [6.07, 6.45) is 0.928. The van der Waals surface area contributed by atoms with Gasteiger partial charge in [-0.2, -0.15) is 4.68 Å². The number of hydrogen-bond donors (Lipinski definition) is 2. The van der Waals surface area contributed by atoms with E-state index in [0.29, 0.717) is 24.5 Å². The van der Waals surface area contributed by atoms with Crippen molar-refractivity contribution in [1.82, 2.24) is 19.7 Å². The first-order valence-electron chi connectivity index (χ1n) is 9.90. The number of rotatable bonds is 8. The molecule has 0 fully saturated rings. The summed E-state index contributed by atoms with van der Waals surface area (Å²) in [7, 11) is 1.97. The fourth-order valence-corrected chi connectivity index (χ4v) is 3.49. The monoisotopic (exact) mass is 410 g/mol. The van der Waals surface area contributed by atoms with Crippen LogP contribution in [0.5, 0.6) is 0 Å². The molecule has 2 N–H and O–H groups in total. The van der Waals surface area contributed by atoms with Gasteiger partial charge in [0.25, 0.3) is 5.91 Å². The molecule has 7 heteroatoms. The predicted octanol–water partition coefficient (Wildman–Crippen LogP) is 2.38. The molecular weight excluding hydrogens is 382 g/mol. The van der Waals surface area contributed by atoms with Crippen LogP contribution in [-0.2, 0) is 11.5 Å². The Morgan fingerprint density at radius 2 is 1.93 bits per heavy atom. The number of aryl methyl sites for hydroxylation is 1. The van der Waals surface area contributed by atoms with Crippen molar-refractivity contribution in [2.75, 3.05) is 20.1 Å². The molecule has 6 nitrogen and oxygen atoms in total. The Kier molecular flexibility index (Phi) is 6.95. The Morgan fingerprint density at radius 3 is 2.62 bits per heavy atom. The first-order valence-corrected chi connectivity index (χ1v) is 10.3. The fourth-order valence-electron chi connectivity index (χ4n) is 3.20. The predicted molar refractivity (Wildman–Crippen MR) is 118 cm³/mol. The van der Waals surface area contributed by atoms with Gasteiger partial charge in [-0.15, -0.1) is 5.10 Å². The maximum Gasteiger partial charge on any atom is 0.275 e. The Bertz CT molecular complexity index is 1030. The van der Waals surface area contributed by atoms with Crippen LogP contribution in [0, 0.1) is 11.7 Å². The van der Waals surface area contributed by atoms with Crippen LogP contribution >= 0.6 is 12.2 Å². The van der Waals surface area contributed by atoms with Crippen LogP contribution in [0.25, 0.3) is 17.1 Å². The zero-order chi connectivity index (χ0) is 20.8. The number of carbonyl (C=O) groups is 1. The second-order valence-corrected chi connectivity index (χ2v) is 7.65. The van der Waals surface area contributed by atoms with Crippen LogP contribution in [0.2, 0.25) is 0 Å². The highest BCUT2D eigenvalue weighted by Crippen LogP contribution is 2.22. The van der Waals surface area contributed by atoms with E-state index < -0.39 is 0 Å². The van der Waals surface area contributed by atoms with Crippen molar-refractivity contribution in [3.8, 4) is 17.1 Å². The lowest BCUT2D eigenvalue weighted by atomic mass is 10.2. The van der Waals surface area contributed by atoms with E-state index in [-0.39, 0.29) is 5.91 Å². The zero-order valence-electron chi connectivity index (χ0n) is 17.2.